The Kier molecular flexibility index (Phi) is 5.41. The second kappa shape index (κ2) is 7.18. The lowest BCUT2D eigenvalue weighted by molar-refractivity contribution is -0.385. The molecule has 0 saturated carbocycles. The summed E-state index contributed by atoms with van der Waals surface area (Å²) in [7, 11) is -4.34. The van der Waals surface area contributed by atoms with Crippen molar-refractivity contribution in [2.24, 2.45) is 10.9 Å². The molecule has 134 valence electrons. The SMILES string of the molecule is CC(N)CCc1cc(S(N)(=O)=O)c(O)c([N+](=O)[O-])c1-c1ccccc1. The zero-order chi connectivity index (χ0) is 18.8. The molecule has 0 aliphatic rings. The lowest BCUT2D eigenvalue weighted by atomic mass is 9.93. The Bertz CT molecular complexity index is 896. The molecule has 0 saturated heterocycles. The quantitative estimate of drug-likeness (QED) is 0.525. The van der Waals surface area contributed by atoms with Gasteiger partial charge in [0, 0.05) is 6.04 Å². The normalized spacial score (nSPS) is 12.8. The maximum Gasteiger partial charge on any atom is 0.320 e. The summed E-state index contributed by atoms with van der Waals surface area (Å²) < 4.78 is 23.5. The lowest BCUT2D eigenvalue weighted by Crippen LogP contribution is -2.17. The fraction of sp³-hybridized carbons (Fsp3) is 0.250. The van der Waals surface area contributed by atoms with Crippen LogP contribution in [0.25, 0.3) is 11.1 Å². The first-order valence-corrected chi connectivity index (χ1v) is 9.04. The number of hydrogen-bond acceptors (Lipinski definition) is 6. The number of nitrogens with zero attached hydrogens (tertiary/aromatic N) is 1. The highest BCUT2D eigenvalue weighted by molar-refractivity contribution is 7.89. The van der Waals surface area contributed by atoms with E-state index in [1.807, 2.05) is 0 Å². The number of primary sulfonamides is 1. The van der Waals surface area contributed by atoms with Crippen LogP contribution in [0.1, 0.15) is 18.9 Å². The van der Waals surface area contributed by atoms with E-state index in [2.05, 4.69) is 0 Å². The van der Waals surface area contributed by atoms with E-state index in [1.54, 1.807) is 37.3 Å². The highest BCUT2D eigenvalue weighted by atomic mass is 32.2. The van der Waals surface area contributed by atoms with Gasteiger partial charge in [0.05, 0.1) is 10.5 Å². The van der Waals surface area contributed by atoms with Crippen molar-refractivity contribution in [3.63, 3.8) is 0 Å². The number of aryl methyl sites for hydroxylation is 1. The first-order chi connectivity index (χ1) is 11.6. The van der Waals surface area contributed by atoms with E-state index in [4.69, 9.17) is 10.9 Å². The number of nitro benzene ring substituents is 1. The Labute approximate surface area is 145 Å². The average molecular weight is 365 g/mol. The number of phenolic OH excluding ortho intramolecular Hbond substituents is 1. The first-order valence-electron chi connectivity index (χ1n) is 7.50. The van der Waals surface area contributed by atoms with E-state index >= 15 is 0 Å². The molecule has 0 amide bonds. The van der Waals surface area contributed by atoms with E-state index in [1.165, 1.54) is 6.07 Å². The van der Waals surface area contributed by atoms with Crippen LogP contribution in [0.15, 0.2) is 41.3 Å². The average Bonchev–Trinajstić information content (AvgIpc) is 2.52. The highest BCUT2D eigenvalue weighted by Crippen LogP contribution is 2.44. The summed E-state index contributed by atoms with van der Waals surface area (Å²) in [6.07, 6.45) is 0.775. The molecule has 0 radical (unpaired) electrons. The van der Waals surface area contributed by atoms with Gasteiger partial charge in [-0.05, 0) is 37.0 Å². The van der Waals surface area contributed by atoms with Gasteiger partial charge in [-0.25, -0.2) is 13.6 Å². The smallest absolute Gasteiger partial charge is 0.320 e. The van der Waals surface area contributed by atoms with Gasteiger partial charge >= 0.3 is 5.69 Å². The molecule has 9 heteroatoms. The molecule has 0 heterocycles. The Morgan fingerprint density at radius 2 is 1.88 bits per heavy atom. The number of aromatic hydroxyl groups is 1. The molecule has 2 aromatic carbocycles. The molecule has 8 nitrogen and oxygen atoms in total. The minimum Gasteiger partial charge on any atom is -0.501 e. The second-order valence-electron chi connectivity index (χ2n) is 5.79. The molecule has 0 aromatic heterocycles. The monoisotopic (exact) mass is 365 g/mol. The number of benzene rings is 2. The molecule has 25 heavy (non-hydrogen) atoms. The molecule has 2 aromatic rings. The van der Waals surface area contributed by atoms with Gasteiger partial charge < -0.3 is 10.8 Å². The number of nitro groups is 1. The van der Waals surface area contributed by atoms with Crippen LogP contribution in [0, 0.1) is 10.1 Å². The summed E-state index contributed by atoms with van der Waals surface area (Å²) in [5.41, 5.74) is 6.11. The summed E-state index contributed by atoms with van der Waals surface area (Å²) in [5, 5.41) is 26.9. The standard InChI is InChI=1S/C16H19N3O5S/c1-10(17)7-8-12-9-13(25(18,23)24)16(20)15(19(21)22)14(12)11-5-3-2-4-6-11/h2-6,9-10,20H,7-8,17H2,1H3,(H2,18,23,24). The predicted molar refractivity (Wildman–Crippen MR) is 93.5 cm³/mol. The fourth-order valence-electron chi connectivity index (χ4n) is 2.59. The van der Waals surface area contributed by atoms with Crippen molar-refractivity contribution in [3.8, 4) is 16.9 Å². The van der Waals surface area contributed by atoms with E-state index in [-0.39, 0.29) is 11.6 Å². The molecule has 1 atom stereocenters. The van der Waals surface area contributed by atoms with Crippen molar-refractivity contribution < 1.29 is 18.4 Å². The van der Waals surface area contributed by atoms with E-state index in [9.17, 15) is 23.6 Å². The van der Waals surface area contributed by atoms with Gasteiger partial charge in [-0.1, -0.05) is 30.3 Å². The summed E-state index contributed by atoms with van der Waals surface area (Å²) >= 11 is 0. The number of hydrogen-bond donors (Lipinski definition) is 3. The van der Waals surface area contributed by atoms with Gasteiger partial charge in [0.2, 0.25) is 15.8 Å². The second-order valence-corrected chi connectivity index (χ2v) is 7.32. The third kappa shape index (κ3) is 4.13. The van der Waals surface area contributed by atoms with Crippen molar-refractivity contribution in [2.45, 2.75) is 30.7 Å². The van der Waals surface area contributed by atoms with Crippen LogP contribution >= 0.6 is 0 Å². The maximum absolute atomic E-state index is 11.7. The Morgan fingerprint density at radius 3 is 2.36 bits per heavy atom. The van der Waals surface area contributed by atoms with Gasteiger partial charge in [0.15, 0.2) is 0 Å². The third-order valence-electron chi connectivity index (χ3n) is 3.74. The maximum atomic E-state index is 11.7. The largest absolute Gasteiger partial charge is 0.501 e. The molecular weight excluding hydrogens is 346 g/mol. The molecule has 0 aliphatic carbocycles. The topological polar surface area (TPSA) is 150 Å². The van der Waals surface area contributed by atoms with E-state index in [0.717, 1.165) is 0 Å². The van der Waals surface area contributed by atoms with Gasteiger partial charge in [-0.2, -0.15) is 0 Å². The Morgan fingerprint density at radius 1 is 1.28 bits per heavy atom. The predicted octanol–water partition coefficient (Wildman–Crippen LogP) is 1.89. The Balaban J connectivity index is 2.86. The summed E-state index contributed by atoms with van der Waals surface area (Å²) in [6, 6.07) is 9.42. The molecule has 2 rings (SSSR count). The van der Waals surface area contributed by atoms with Gasteiger partial charge in [-0.3, -0.25) is 10.1 Å². The van der Waals surface area contributed by atoms with Gasteiger partial charge in [0.1, 0.15) is 4.90 Å². The number of phenols is 1. The molecule has 0 fully saturated rings. The zero-order valence-corrected chi connectivity index (χ0v) is 14.4. The minimum atomic E-state index is -4.34. The molecule has 1 unspecified atom stereocenters. The molecule has 0 aliphatic heterocycles. The highest BCUT2D eigenvalue weighted by Gasteiger charge is 2.31. The van der Waals surface area contributed by atoms with Crippen molar-refractivity contribution in [2.75, 3.05) is 0 Å². The molecule has 0 bridgehead atoms. The van der Waals surface area contributed by atoms with Crippen molar-refractivity contribution in [3.05, 3.63) is 52.1 Å². The number of rotatable bonds is 6. The Hall–Kier alpha value is -2.49. The van der Waals surface area contributed by atoms with Crippen LogP contribution in [0.2, 0.25) is 0 Å². The number of sulfonamides is 1. The van der Waals surface area contributed by atoms with Gasteiger partial charge in [0.25, 0.3) is 0 Å². The zero-order valence-electron chi connectivity index (χ0n) is 13.5. The van der Waals surface area contributed by atoms with Crippen molar-refractivity contribution in [1.82, 2.24) is 0 Å². The number of nitrogens with two attached hydrogens (primary N) is 2. The van der Waals surface area contributed by atoms with Crippen molar-refractivity contribution in [1.29, 1.82) is 0 Å². The van der Waals surface area contributed by atoms with Crippen LogP contribution in [0.3, 0.4) is 0 Å². The molecule has 0 spiro atoms. The van der Waals surface area contributed by atoms with Crippen LogP contribution in [-0.2, 0) is 16.4 Å². The molecular formula is C16H19N3O5S. The minimum absolute atomic E-state index is 0.163. The third-order valence-corrected chi connectivity index (χ3v) is 4.67. The van der Waals surface area contributed by atoms with E-state index in [0.29, 0.717) is 24.0 Å². The first kappa shape index (κ1) is 18.8. The lowest BCUT2D eigenvalue weighted by Gasteiger charge is -2.15. The van der Waals surface area contributed by atoms with Gasteiger partial charge in [-0.15, -0.1) is 0 Å². The van der Waals surface area contributed by atoms with Crippen LogP contribution < -0.4 is 10.9 Å². The summed E-state index contributed by atoms with van der Waals surface area (Å²) in [6.45, 7) is 1.78. The summed E-state index contributed by atoms with van der Waals surface area (Å²) in [5.74, 6) is -0.962. The fourth-order valence-corrected chi connectivity index (χ4v) is 3.26. The summed E-state index contributed by atoms with van der Waals surface area (Å²) in [4.78, 5) is 10.1. The molecule has 5 N–H and O–H groups in total. The van der Waals surface area contributed by atoms with Crippen molar-refractivity contribution >= 4 is 15.7 Å². The van der Waals surface area contributed by atoms with Crippen LogP contribution in [-0.4, -0.2) is 24.5 Å². The van der Waals surface area contributed by atoms with E-state index < -0.39 is 31.3 Å². The van der Waals surface area contributed by atoms with Crippen LogP contribution in [0.4, 0.5) is 5.69 Å². The van der Waals surface area contributed by atoms with Crippen LogP contribution in [0.5, 0.6) is 5.75 Å².